The third-order valence-electron chi connectivity index (χ3n) is 5.18. The third kappa shape index (κ3) is 3.29. The summed E-state index contributed by atoms with van der Waals surface area (Å²) >= 11 is 0. The molecular weight excluding hydrogens is 254 g/mol. The van der Waals surface area contributed by atoms with Gasteiger partial charge in [0.15, 0.2) is 0 Å². The number of hydrogen-bond donors (Lipinski definition) is 1. The van der Waals surface area contributed by atoms with Crippen molar-refractivity contribution in [2.75, 3.05) is 6.54 Å². The van der Waals surface area contributed by atoms with Crippen molar-refractivity contribution in [2.24, 2.45) is 11.8 Å². The molecule has 3 unspecified atom stereocenters. The highest BCUT2D eigenvalue weighted by molar-refractivity contribution is 5.82. The Labute approximate surface area is 128 Å². The Morgan fingerprint density at radius 1 is 1.10 bits per heavy atom. The zero-order valence-corrected chi connectivity index (χ0v) is 13.3. The van der Waals surface area contributed by atoms with Crippen molar-refractivity contribution in [2.45, 2.75) is 45.6 Å². The van der Waals surface area contributed by atoms with Gasteiger partial charge in [-0.15, -0.1) is 0 Å². The van der Waals surface area contributed by atoms with E-state index < -0.39 is 0 Å². The summed E-state index contributed by atoms with van der Waals surface area (Å²) in [6, 6.07) is 16.3. The van der Waals surface area contributed by atoms with Gasteiger partial charge in [-0.3, -0.25) is 0 Å². The molecule has 0 aliphatic heterocycles. The molecule has 3 rings (SSSR count). The average Bonchev–Trinajstić information content (AvgIpc) is 2.93. The number of hydrogen-bond acceptors (Lipinski definition) is 1. The van der Waals surface area contributed by atoms with Crippen LogP contribution in [0.3, 0.4) is 0 Å². The zero-order valence-electron chi connectivity index (χ0n) is 13.3. The van der Waals surface area contributed by atoms with Gasteiger partial charge in [0.05, 0.1) is 0 Å². The molecule has 0 aromatic heterocycles. The molecule has 0 amide bonds. The van der Waals surface area contributed by atoms with E-state index in [9.17, 15) is 0 Å². The highest BCUT2D eigenvalue weighted by Gasteiger charge is 2.30. The highest BCUT2D eigenvalue weighted by Crippen LogP contribution is 2.35. The van der Waals surface area contributed by atoms with E-state index in [1.807, 2.05) is 0 Å². The van der Waals surface area contributed by atoms with Crippen molar-refractivity contribution in [1.82, 2.24) is 5.32 Å². The summed E-state index contributed by atoms with van der Waals surface area (Å²) in [5.41, 5.74) is 1.47. The molecule has 0 radical (unpaired) electrons. The molecule has 3 atom stereocenters. The van der Waals surface area contributed by atoms with Gasteiger partial charge in [-0.1, -0.05) is 69.2 Å². The summed E-state index contributed by atoms with van der Waals surface area (Å²) in [6.07, 6.45) is 5.37. The summed E-state index contributed by atoms with van der Waals surface area (Å²) in [6.45, 7) is 5.73. The molecule has 0 saturated heterocycles. The van der Waals surface area contributed by atoms with Gasteiger partial charge in [-0.25, -0.2) is 0 Å². The molecule has 1 nitrogen and oxygen atoms in total. The first-order chi connectivity index (χ1) is 10.3. The second-order valence-electron chi connectivity index (χ2n) is 6.62. The van der Waals surface area contributed by atoms with Crippen LogP contribution in [0.4, 0.5) is 0 Å². The van der Waals surface area contributed by atoms with Crippen LogP contribution < -0.4 is 5.32 Å². The van der Waals surface area contributed by atoms with Gasteiger partial charge in [0.2, 0.25) is 0 Å². The van der Waals surface area contributed by atoms with E-state index in [0.29, 0.717) is 6.04 Å². The van der Waals surface area contributed by atoms with Gasteiger partial charge < -0.3 is 5.32 Å². The van der Waals surface area contributed by atoms with Crippen molar-refractivity contribution in [3.8, 4) is 0 Å². The van der Waals surface area contributed by atoms with E-state index in [2.05, 4.69) is 61.6 Å². The van der Waals surface area contributed by atoms with Gasteiger partial charge in [0.1, 0.15) is 0 Å². The Morgan fingerprint density at radius 2 is 1.90 bits per heavy atom. The van der Waals surface area contributed by atoms with E-state index in [4.69, 9.17) is 0 Å². The molecule has 0 spiro atoms. The van der Waals surface area contributed by atoms with Crippen LogP contribution in [0.5, 0.6) is 0 Å². The zero-order chi connectivity index (χ0) is 14.7. The summed E-state index contributed by atoms with van der Waals surface area (Å²) in [7, 11) is 0. The van der Waals surface area contributed by atoms with Gasteiger partial charge in [0, 0.05) is 6.04 Å². The fourth-order valence-corrected chi connectivity index (χ4v) is 4.03. The second-order valence-corrected chi connectivity index (χ2v) is 6.62. The van der Waals surface area contributed by atoms with Crippen LogP contribution in [0.2, 0.25) is 0 Å². The molecule has 1 heteroatoms. The Balaban J connectivity index is 1.80. The molecule has 0 heterocycles. The minimum Gasteiger partial charge on any atom is -0.314 e. The largest absolute Gasteiger partial charge is 0.314 e. The SMILES string of the molecule is CCNC(Cc1ccc2ccccc2c1)C1CCCC1C. The van der Waals surface area contributed by atoms with Crippen molar-refractivity contribution < 1.29 is 0 Å². The lowest BCUT2D eigenvalue weighted by Crippen LogP contribution is -2.39. The first-order valence-corrected chi connectivity index (χ1v) is 8.49. The topological polar surface area (TPSA) is 12.0 Å². The number of nitrogens with one attached hydrogen (secondary N) is 1. The maximum absolute atomic E-state index is 3.75. The normalized spacial score (nSPS) is 23.5. The first kappa shape index (κ1) is 14.6. The van der Waals surface area contributed by atoms with Crippen LogP contribution in [0.1, 0.15) is 38.7 Å². The van der Waals surface area contributed by atoms with Crippen LogP contribution in [0, 0.1) is 11.8 Å². The maximum atomic E-state index is 3.75. The van der Waals surface area contributed by atoms with Crippen LogP contribution in [-0.2, 0) is 6.42 Å². The minimum absolute atomic E-state index is 0.633. The lowest BCUT2D eigenvalue weighted by Gasteiger charge is -2.28. The van der Waals surface area contributed by atoms with E-state index in [-0.39, 0.29) is 0 Å². The molecule has 1 fully saturated rings. The molecular formula is C20H27N. The molecule has 1 aliphatic rings. The fourth-order valence-electron chi connectivity index (χ4n) is 4.03. The van der Waals surface area contributed by atoms with Crippen LogP contribution in [0.15, 0.2) is 42.5 Å². The molecule has 1 N–H and O–H groups in total. The predicted molar refractivity (Wildman–Crippen MR) is 91.6 cm³/mol. The van der Waals surface area contributed by atoms with E-state index in [0.717, 1.165) is 24.8 Å². The Bertz CT molecular complexity index is 589. The average molecular weight is 281 g/mol. The first-order valence-electron chi connectivity index (χ1n) is 8.49. The Morgan fingerprint density at radius 3 is 2.62 bits per heavy atom. The summed E-state index contributed by atoms with van der Waals surface area (Å²) in [5, 5.41) is 6.46. The van der Waals surface area contributed by atoms with Crippen molar-refractivity contribution in [3.05, 3.63) is 48.0 Å². The molecule has 2 aromatic rings. The second kappa shape index (κ2) is 6.62. The Hall–Kier alpha value is -1.34. The standard InChI is InChI=1S/C20H27N/c1-3-21-20(19-10-6-7-15(19)2)14-16-11-12-17-8-4-5-9-18(17)13-16/h4-5,8-9,11-13,15,19-21H,3,6-7,10,14H2,1-2H3. The van der Waals surface area contributed by atoms with Gasteiger partial charge in [-0.05, 0) is 47.6 Å². The van der Waals surface area contributed by atoms with Crippen molar-refractivity contribution in [3.63, 3.8) is 0 Å². The molecule has 112 valence electrons. The van der Waals surface area contributed by atoms with E-state index in [1.165, 1.54) is 35.6 Å². The monoisotopic (exact) mass is 281 g/mol. The van der Waals surface area contributed by atoms with Crippen LogP contribution in [0.25, 0.3) is 10.8 Å². The van der Waals surface area contributed by atoms with Crippen molar-refractivity contribution >= 4 is 10.8 Å². The van der Waals surface area contributed by atoms with Crippen LogP contribution >= 0.6 is 0 Å². The Kier molecular flexibility index (Phi) is 4.60. The maximum Gasteiger partial charge on any atom is 0.0138 e. The number of rotatable bonds is 5. The summed E-state index contributed by atoms with van der Waals surface area (Å²) in [5.74, 6) is 1.71. The minimum atomic E-state index is 0.633. The van der Waals surface area contributed by atoms with Gasteiger partial charge in [0.25, 0.3) is 0 Å². The molecule has 2 aromatic carbocycles. The highest BCUT2D eigenvalue weighted by atomic mass is 14.9. The molecule has 1 saturated carbocycles. The quantitative estimate of drug-likeness (QED) is 0.830. The number of likely N-dealkylation sites (N-methyl/N-ethyl adjacent to an activating group) is 1. The molecule has 1 aliphatic carbocycles. The lowest BCUT2D eigenvalue weighted by atomic mass is 9.86. The molecule has 21 heavy (non-hydrogen) atoms. The van der Waals surface area contributed by atoms with Crippen LogP contribution in [-0.4, -0.2) is 12.6 Å². The summed E-state index contributed by atoms with van der Waals surface area (Å²) < 4.78 is 0. The van der Waals surface area contributed by atoms with Crippen molar-refractivity contribution in [1.29, 1.82) is 0 Å². The summed E-state index contributed by atoms with van der Waals surface area (Å²) in [4.78, 5) is 0. The van der Waals surface area contributed by atoms with E-state index in [1.54, 1.807) is 0 Å². The third-order valence-corrected chi connectivity index (χ3v) is 5.18. The van der Waals surface area contributed by atoms with E-state index >= 15 is 0 Å². The smallest absolute Gasteiger partial charge is 0.0138 e. The number of benzene rings is 2. The number of fused-ring (bicyclic) bond motifs is 1. The predicted octanol–water partition coefficient (Wildman–Crippen LogP) is 4.80. The van der Waals surface area contributed by atoms with Gasteiger partial charge in [-0.2, -0.15) is 0 Å². The molecule has 0 bridgehead atoms. The fraction of sp³-hybridized carbons (Fsp3) is 0.500. The lowest BCUT2D eigenvalue weighted by molar-refractivity contribution is 0.299. The van der Waals surface area contributed by atoms with Gasteiger partial charge >= 0.3 is 0 Å².